The molecule has 6 heteroatoms. The molecular weight excluding hydrogens is 316 g/mol. The molecule has 128 valence electrons. The number of pyridine rings is 1. The summed E-state index contributed by atoms with van der Waals surface area (Å²) in [6.45, 7) is 0.318. The summed E-state index contributed by atoms with van der Waals surface area (Å²) in [5.74, 6) is 1.77. The molecule has 0 unspecified atom stereocenters. The second kappa shape index (κ2) is 6.64. The maximum absolute atomic E-state index is 11.8. The van der Waals surface area contributed by atoms with Crippen LogP contribution in [0.25, 0.3) is 10.9 Å². The summed E-state index contributed by atoms with van der Waals surface area (Å²) in [4.78, 5) is 23.6. The Morgan fingerprint density at radius 3 is 2.88 bits per heavy atom. The number of nitrogens with zero attached hydrogens (tertiary/aromatic N) is 2. The molecule has 0 saturated heterocycles. The number of anilines is 1. The Labute approximate surface area is 145 Å². The number of H-pyrrole nitrogens is 1. The van der Waals surface area contributed by atoms with Crippen LogP contribution in [-0.2, 0) is 11.3 Å². The fourth-order valence-corrected chi connectivity index (χ4v) is 3.28. The van der Waals surface area contributed by atoms with Gasteiger partial charge in [-0.25, -0.2) is 9.97 Å². The van der Waals surface area contributed by atoms with Gasteiger partial charge in [0.15, 0.2) is 0 Å². The highest BCUT2D eigenvalue weighted by Gasteiger charge is 2.32. The number of methoxy groups -OCH3 is 1. The largest absolute Gasteiger partial charge is 0.377 e. The average Bonchev–Trinajstić information content (AvgIpc) is 2.57. The second-order valence-corrected chi connectivity index (χ2v) is 6.45. The fourth-order valence-electron chi connectivity index (χ4n) is 3.28. The minimum Gasteiger partial charge on any atom is -0.377 e. The van der Waals surface area contributed by atoms with Gasteiger partial charge in [0, 0.05) is 30.5 Å². The monoisotopic (exact) mass is 336 g/mol. The maximum Gasteiger partial charge on any atom is 0.251 e. The van der Waals surface area contributed by atoms with Crippen LogP contribution in [-0.4, -0.2) is 28.1 Å². The first-order chi connectivity index (χ1) is 12.2. The smallest absolute Gasteiger partial charge is 0.251 e. The van der Waals surface area contributed by atoms with Gasteiger partial charge in [0.1, 0.15) is 18.2 Å². The van der Waals surface area contributed by atoms with Crippen molar-refractivity contribution in [2.75, 3.05) is 12.4 Å². The van der Waals surface area contributed by atoms with Gasteiger partial charge in [0.05, 0.1) is 11.2 Å². The number of nitrogens with one attached hydrogen (secondary N) is 2. The first-order valence-electron chi connectivity index (χ1n) is 8.42. The molecule has 4 rings (SSSR count). The van der Waals surface area contributed by atoms with E-state index >= 15 is 0 Å². The minimum atomic E-state index is -0.121. The zero-order valence-electron chi connectivity index (χ0n) is 14.0. The molecule has 2 aromatic heterocycles. The van der Waals surface area contributed by atoms with Crippen LogP contribution in [0.1, 0.15) is 30.3 Å². The summed E-state index contributed by atoms with van der Waals surface area (Å²) < 4.78 is 5.05. The predicted molar refractivity (Wildman–Crippen MR) is 96.7 cm³/mol. The van der Waals surface area contributed by atoms with Gasteiger partial charge in [-0.3, -0.25) is 4.79 Å². The maximum atomic E-state index is 11.8. The van der Waals surface area contributed by atoms with Crippen molar-refractivity contribution in [3.8, 4) is 0 Å². The third-order valence-corrected chi connectivity index (χ3v) is 4.60. The zero-order chi connectivity index (χ0) is 17.2. The standard InChI is InChI=1S/C19H20N4O2/c1-25-11-18-22-16(10-19(24)23-18)13-8-14(9-13)20-17-7-6-12-4-2-3-5-15(12)21-17/h2-7,10,13-14H,8-9,11H2,1H3,(H,20,21)(H,22,23,24). The van der Waals surface area contributed by atoms with Crippen LogP contribution in [0, 0.1) is 0 Å². The molecule has 1 saturated carbocycles. The van der Waals surface area contributed by atoms with Crippen LogP contribution >= 0.6 is 0 Å². The van der Waals surface area contributed by atoms with E-state index in [2.05, 4.69) is 32.4 Å². The van der Waals surface area contributed by atoms with E-state index in [1.807, 2.05) is 24.3 Å². The van der Waals surface area contributed by atoms with Crippen LogP contribution in [0.15, 0.2) is 47.3 Å². The first kappa shape index (κ1) is 15.8. The molecule has 2 N–H and O–H groups in total. The lowest BCUT2D eigenvalue weighted by Crippen LogP contribution is -2.35. The molecule has 2 heterocycles. The van der Waals surface area contributed by atoms with E-state index in [9.17, 15) is 4.79 Å². The van der Waals surface area contributed by atoms with Gasteiger partial charge in [-0.2, -0.15) is 0 Å². The van der Waals surface area contributed by atoms with Gasteiger partial charge in [-0.1, -0.05) is 18.2 Å². The van der Waals surface area contributed by atoms with Crippen LogP contribution in [0.3, 0.4) is 0 Å². The summed E-state index contributed by atoms with van der Waals surface area (Å²) in [5, 5.41) is 4.61. The Bertz CT molecular complexity index is 947. The van der Waals surface area contributed by atoms with Crippen molar-refractivity contribution in [1.82, 2.24) is 15.0 Å². The zero-order valence-corrected chi connectivity index (χ0v) is 14.0. The molecule has 0 atom stereocenters. The topological polar surface area (TPSA) is 79.9 Å². The molecular formula is C19H20N4O2. The Morgan fingerprint density at radius 1 is 1.20 bits per heavy atom. The lowest BCUT2D eigenvalue weighted by molar-refractivity contribution is 0.177. The van der Waals surface area contributed by atoms with Crippen molar-refractivity contribution in [3.05, 3.63) is 64.3 Å². The number of hydrogen-bond donors (Lipinski definition) is 2. The molecule has 0 spiro atoms. The minimum absolute atomic E-state index is 0.121. The van der Waals surface area contributed by atoms with Gasteiger partial charge in [-0.15, -0.1) is 0 Å². The highest BCUT2D eigenvalue weighted by atomic mass is 16.5. The Balaban J connectivity index is 1.42. The third-order valence-electron chi connectivity index (χ3n) is 4.60. The van der Waals surface area contributed by atoms with Gasteiger partial charge in [-0.05, 0) is 31.0 Å². The number of hydrogen-bond acceptors (Lipinski definition) is 5. The molecule has 25 heavy (non-hydrogen) atoms. The Morgan fingerprint density at radius 2 is 2.04 bits per heavy atom. The van der Waals surface area contributed by atoms with Crippen molar-refractivity contribution in [1.29, 1.82) is 0 Å². The van der Waals surface area contributed by atoms with Crippen LogP contribution in [0.2, 0.25) is 0 Å². The number of ether oxygens (including phenoxy) is 1. The molecule has 3 aromatic rings. The summed E-state index contributed by atoms with van der Waals surface area (Å²) in [7, 11) is 1.59. The number of aromatic nitrogens is 3. The fraction of sp³-hybridized carbons (Fsp3) is 0.316. The van der Waals surface area contributed by atoms with E-state index < -0.39 is 0 Å². The molecule has 1 aliphatic rings. The highest BCUT2D eigenvalue weighted by Crippen LogP contribution is 2.37. The highest BCUT2D eigenvalue weighted by molar-refractivity contribution is 5.80. The van der Waals surface area contributed by atoms with E-state index in [0.29, 0.717) is 24.4 Å². The van der Waals surface area contributed by atoms with Gasteiger partial charge in [0.2, 0.25) is 0 Å². The number of benzene rings is 1. The summed E-state index contributed by atoms with van der Waals surface area (Å²) in [6.07, 6.45) is 1.88. The number of fused-ring (bicyclic) bond motifs is 1. The molecule has 1 fully saturated rings. The SMILES string of the molecule is COCc1nc(C2CC(Nc3ccc4ccccc4n3)C2)cc(=O)[nH]1. The third kappa shape index (κ3) is 3.39. The molecule has 0 bridgehead atoms. The van der Waals surface area contributed by atoms with E-state index in [0.717, 1.165) is 35.3 Å². The Hall–Kier alpha value is -2.73. The van der Waals surface area contributed by atoms with Crippen LogP contribution in [0.4, 0.5) is 5.82 Å². The molecule has 1 aromatic carbocycles. The van der Waals surface area contributed by atoms with Crippen LogP contribution in [0.5, 0.6) is 0 Å². The van der Waals surface area contributed by atoms with Crippen molar-refractivity contribution in [3.63, 3.8) is 0 Å². The molecule has 0 amide bonds. The molecule has 6 nitrogen and oxygen atoms in total. The summed E-state index contributed by atoms with van der Waals surface area (Å²) in [5.41, 5.74) is 1.72. The van der Waals surface area contributed by atoms with E-state index in [1.165, 1.54) is 0 Å². The average molecular weight is 336 g/mol. The van der Waals surface area contributed by atoms with E-state index in [1.54, 1.807) is 13.2 Å². The number of para-hydroxylation sites is 1. The normalized spacial score (nSPS) is 19.6. The van der Waals surface area contributed by atoms with Crippen molar-refractivity contribution in [2.24, 2.45) is 0 Å². The van der Waals surface area contributed by atoms with Crippen molar-refractivity contribution >= 4 is 16.7 Å². The van der Waals surface area contributed by atoms with Crippen molar-refractivity contribution in [2.45, 2.75) is 31.4 Å². The van der Waals surface area contributed by atoms with Crippen molar-refractivity contribution < 1.29 is 4.74 Å². The van der Waals surface area contributed by atoms with E-state index in [4.69, 9.17) is 4.74 Å². The second-order valence-electron chi connectivity index (χ2n) is 6.45. The number of aromatic amines is 1. The summed E-state index contributed by atoms with van der Waals surface area (Å²) in [6, 6.07) is 14.1. The molecule has 0 radical (unpaired) electrons. The van der Waals surface area contributed by atoms with Gasteiger partial charge < -0.3 is 15.0 Å². The number of rotatable bonds is 5. The molecule has 1 aliphatic carbocycles. The lowest BCUT2D eigenvalue weighted by atomic mass is 9.78. The lowest BCUT2D eigenvalue weighted by Gasteiger charge is -2.35. The van der Waals surface area contributed by atoms with Crippen LogP contribution < -0.4 is 10.9 Å². The first-order valence-corrected chi connectivity index (χ1v) is 8.42. The predicted octanol–water partition coefficient (Wildman–Crippen LogP) is 2.82. The quantitative estimate of drug-likeness (QED) is 0.749. The molecule has 0 aliphatic heterocycles. The van der Waals surface area contributed by atoms with Gasteiger partial charge >= 0.3 is 0 Å². The van der Waals surface area contributed by atoms with Gasteiger partial charge in [0.25, 0.3) is 5.56 Å². The van der Waals surface area contributed by atoms with E-state index in [-0.39, 0.29) is 5.56 Å². The summed E-state index contributed by atoms with van der Waals surface area (Å²) >= 11 is 0. The Kier molecular flexibility index (Phi) is 4.19.